The molecule has 0 aliphatic carbocycles. The van der Waals surface area contributed by atoms with Gasteiger partial charge in [0, 0.05) is 9.49 Å². The van der Waals surface area contributed by atoms with Crippen molar-refractivity contribution in [2.75, 3.05) is 0 Å². The van der Waals surface area contributed by atoms with Gasteiger partial charge in [0.05, 0.1) is 0 Å². The Morgan fingerprint density at radius 2 is 2.25 bits per heavy atom. The molecule has 0 nitrogen and oxygen atoms in total. The lowest BCUT2D eigenvalue weighted by molar-refractivity contribution is 0.610. The Hall–Kier alpha value is -0.380. The number of allylic oxidation sites excluding steroid dienone is 1. The minimum absolute atomic E-state index is 0.157. The van der Waals surface area contributed by atoms with Gasteiger partial charge in [0.15, 0.2) is 0 Å². The molecule has 1 aromatic rings. The quantitative estimate of drug-likeness (QED) is 0.724. The summed E-state index contributed by atoms with van der Waals surface area (Å²) in [4.78, 5) is 0. The molecule has 2 heteroatoms. The SMILES string of the molecule is C=C[C](C)c1cccc(I)c1F. The van der Waals surface area contributed by atoms with Crippen molar-refractivity contribution in [2.24, 2.45) is 0 Å². The van der Waals surface area contributed by atoms with E-state index < -0.39 is 0 Å². The van der Waals surface area contributed by atoms with Gasteiger partial charge < -0.3 is 0 Å². The van der Waals surface area contributed by atoms with Crippen LogP contribution in [0.1, 0.15) is 12.5 Å². The van der Waals surface area contributed by atoms with Crippen LogP contribution in [0.3, 0.4) is 0 Å². The van der Waals surface area contributed by atoms with Crippen molar-refractivity contribution < 1.29 is 4.39 Å². The highest BCUT2D eigenvalue weighted by molar-refractivity contribution is 14.1. The van der Waals surface area contributed by atoms with Gasteiger partial charge in [0.1, 0.15) is 5.82 Å². The van der Waals surface area contributed by atoms with Crippen LogP contribution in [0.2, 0.25) is 0 Å². The van der Waals surface area contributed by atoms with Gasteiger partial charge in [-0.05, 0) is 34.2 Å². The van der Waals surface area contributed by atoms with Gasteiger partial charge >= 0.3 is 0 Å². The first-order valence-electron chi connectivity index (χ1n) is 3.57. The maximum absolute atomic E-state index is 13.4. The molecule has 0 aliphatic heterocycles. The third-order valence-electron chi connectivity index (χ3n) is 1.68. The molecule has 0 unspecified atom stereocenters. The van der Waals surface area contributed by atoms with Crippen molar-refractivity contribution in [3.63, 3.8) is 0 Å². The highest BCUT2D eigenvalue weighted by Gasteiger charge is 2.09. The van der Waals surface area contributed by atoms with Gasteiger partial charge in [0.2, 0.25) is 0 Å². The molecule has 0 saturated heterocycles. The van der Waals surface area contributed by atoms with E-state index in [0.717, 1.165) is 5.92 Å². The second kappa shape index (κ2) is 4.03. The molecule has 0 saturated carbocycles. The molecule has 0 fully saturated rings. The first kappa shape index (κ1) is 9.71. The molecule has 63 valence electrons. The van der Waals surface area contributed by atoms with Crippen LogP contribution >= 0.6 is 22.6 Å². The minimum atomic E-state index is -0.157. The van der Waals surface area contributed by atoms with Crippen molar-refractivity contribution in [3.8, 4) is 0 Å². The molecule has 0 N–H and O–H groups in total. The van der Waals surface area contributed by atoms with Gasteiger partial charge in [-0.25, -0.2) is 4.39 Å². The molecule has 0 atom stereocenters. The topological polar surface area (TPSA) is 0 Å². The summed E-state index contributed by atoms with van der Waals surface area (Å²) >= 11 is 1.98. The highest BCUT2D eigenvalue weighted by atomic mass is 127. The van der Waals surface area contributed by atoms with Crippen LogP contribution in [0.5, 0.6) is 0 Å². The third-order valence-corrected chi connectivity index (χ3v) is 2.52. The summed E-state index contributed by atoms with van der Waals surface area (Å²) in [5.74, 6) is 0.710. The molecule has 0 amide bonds. The van der Waals surface area contributed by atoms with Crippen LogP contribution in [0.15, 0.2) is 30.9 Å². The van der Waals surface area contributed by atoms with E-state index in [2.05, 4.69) is 6.58 Å². The van der Waals surface area contributed by atoms with Gasteiger partial charge in [0.25, 0.3) is 0 Å². The van der Waals surface area contributed by atoms with E-state index in [4.69, 9.17) is 0 Å². The molecule has 1 rings (SSSR count). The zero-order valence-electron chi connectivity index (χ0n) is 6.77. The van der Waals surface area contributed by atoms with E-state index in [-0.39, 0.29) is 5.82 Å². The Balaban J connectivity index is 3.15. The molecule has 0 heterocycles. The normalized spacial score (nSPS) is 10.3. The summed E-state index contributed by atoms with van der Waals surface area (Å²) in [7, 11) is 0. The van der Waals surface area contributed by atoms with Crippen molar-refractivity contribution in [1.29, 1.82) is 0 Å². The molecule has 0 bridgehead atoms. The van der Waals surface area contributed by atoms with Crippen LogP contribution in [0.4, 0.5) is 4.39 Å². The first-order valence-corrected chi connectivity index (χ1v) is 4.65. The van der Waals surface area contributed by atoms with Crippen molar-refractivity contribution >= 4 is 22.6 Å². The second-order valence-electron chi connectivity index (χ2n) is 2.49. The van der Waals surface area contributed by atoms with E-state index in [0.29, 0.717) is 9.13 Å². The lowest BCUT2D eigenvalue weighted by Gasteiger charge is -2.07. The minimum Gasteiger partial charge on any atom is -0.205 e. The zero-order chi connectivity index (χ0) is 9.14. The maximum atomic E-state index is 13.4. The number of halogens is 2. The maximum Gasteiger partial charge on any atom is 0.140 e. The van der Waals surface area contributed by atoms with Crippen LogP contribution < -0.4 is 0 Å². The van der Waals surface area contributed by atoms with E-state index >= 15 is 0 Å². The average molecular weight is 275 g/mol. The van der Waals surface area contributed by atoms with Crippen LogP contribution in [0, 0.1) is 15.3 Å². The molecular formula is C10H9FI. The second-order valence-corrected chi connectivity index (χ2v) is 3.65. The average Bonchev–Trinajstić information content (AvgIpc) is 2.08. The summed E-state index contributed by atoms with van der Waals surface area (Å²) in [6.45, 7) is 5.45. The predicted molar refractivity (Wildman–Crippen MR) is 57.3 cm³/mol. The number of hydrogen-bond donors (Lipinski definition) is 0. The van der Waals surface area contributed by atoms with E-state index in [1.807, 2.05) is 35.6 Å². The smallest absolute Gasteiger partial charge is 0.140 e. The van der Waals surface area contributed by atoms with Crippen molar-refractivity contribution in [1.82, 2.24) is 0 Å². The van der Waals surface area contributed by atoms with Crippen molar-refractivity contribution in [3.05, 3.63) is 51.7 Å². The van der Waals surface area contributed by atoms with E-state index in [9.17, 15) is 4.39 Å². The molecule has 0 aliphatic rings. The molecular weight excluding hydrogens is 266 g/mol. The summed E-state index contributed by atoms with van der Waals surface area (Å²) < 4.78 is 14.0. The van der Waals surface area contributed by atoms with E-state index in [1.54, 1.807) is 18.2 Å². The summed E-state index contributed by atoms with van der Waals surface area (Å²) in [5.41, 5.74) is 0.636. The summed E-state index contributed by atoms with van der Waals surface area (Å²) in [6, 6.07) is 5.34. The molecule has 0 spiro atoms. The molecule has 0 aromatic heterocycles. The Morgan fingerprint density at radius 3 is 2.83 bits per heavy atom. The number of benzene rings is 1. The van der Waals surface area contributed by atoms with Crippen LogP contribution in [-0.4, -0.2) is 0 Å². The molecule has 12 heavy (non-hydrogen) atoms. The van der Waals surface area contributed by atoms with Gasteiger partial charge in [-0.2, -0.15) is 0 Å². The Labute approximate surface area is 85.6 Å². The van der Waals surface area contributed by atoms with Crippen LogP contribution in [0.25, 0.3) is 0 Å². The lowest BCUT2D eigenvalue weighted by atomic mass is 10.0. The standard InChI is InChI=1S/C10H9FI/c1-3-7(2)8-5-4-6-9(12)10(8)11/h3-6H,1H2,2H3. The molecule has 1 radical (unpaired) electrons. The Kier molecular flexibility index (Phi) is 3.26. The number of rotatable bonds is 2. The lowest BCUT2D eigenvalue weighted by Crippen LogP contribution is -1.96. The number of hydrogen-bond acceptors (Lipinski definition) is 0. The fourth-order valence-corrected chi connectivity index (χ4v) is 1.42. The highest BCUT2D eigenvalue weighted by Crippen LogP contribution is 2.22. The monoisotopic (exact) mass is 275 g/mol. The summed E-state index contributed by atoms with van der Waals surface area (Å²) in [6.07, 6.45) is 1.66. The fourth-order valence-electron chi connectivity index (χ4n) is 0.918. The van der Waals surface area contributed by atoms with E-state index in [1.165, 1.54) is 0 Å². The fraction of sp³-hybridized carbons (Fsp3) is 0.100. The summed E-state index contributed by atoms with van der Waals surface area (Å²) in [5, 5.41) is 0. The molecule has 1 aromatic carbocycles. The Morgan fingerprint density at radius 1 is 1.58 bits per heavy atom. The largest absolute Gasteiger partial charge is 0.205 e. The van der Waals surface area contributed by atoms with Gasteiger partial charge in [-0.3, -0.25) is 0 Å². The van der Waals surface area contributed by atoms with Gasteiger partial charge in [-0.1, -0.05) is 25.1 Å². The first-order chi connectivity index (χ1) is 5.66. The Bertz CT molecular complexity index is 294. The zero-order valence-corrected chi connectivity index (χ0v) is 8.93. The van der Waals surface area contributed by atoms with Crippen molar-refractivity contribution in [2.45, 2.75) is 6.92 Å². The third kappa shape index (κ3) is 1.86. The van der Waals surface area contributed by atoms with Crippen LogP contribution in [-0.2, 0) is 0 Å². The predicted octanol–water partition coefficient (Wildman–Crippen LogP) is 3.56. The van der Waals surface area contributed by atoms with Gasteiger partial charge in [-0.15, -0.1) is 6.58 Å².